The van der Waals surface area contributed by atoms with Crippen molar-refractivity contribution in [3.8, 4) is 11.4 Å². The predicted molar refractivity (Wildman–Crippen MR) is 92.2 cm³/mol. The number of aromatic nitrogens is 3. The Hall–Kier alpha value is -2.74. The zero-order chi connectivity index (χ0) is 18.0. The van der Waals surface area contributed by atoms with E-state index in [2.05, 4.69) is 20.5 Å². The number of likely N-dealkylation sites (tertiary alicyclic amines) is 1. The van der Waals surface area contributed by atoms with Crippen LogP contribution in [0.15, 0.2) is 18.2 Å². The first-order chi connectivity index (χ1) is 11.9. The van der Waals surface area contributed by atoms with Crippen molar-refractivity contribution in [2.45, 2.75) is 32.7 Å². The van der Waals surface area contributed by atoms with Crippen LogP contribution in [0.1, 0.15) is 24.2 Å². The fraction of sp³-hybridized carbons (Fsp3) is 0.412. The summed E-state index contributed by atoms with van der Waals surface area (Å²) in [6, 6.07) is 5.07. The van der Waals surface area contributed by atoms with Crippen molar-refractivity contribution in [3.63, 3.8) is 0 Å². The Kier molecular flexibility index (Phi) is 4.80. The number of aliphatic carboxylic acids is 1. The van der Waals surface area contributed by atoms with Gasteiger partial charge in [0.1, 0.15) is 11.9 Å². The third kappa shape index (κ3) is 3.85. The number of carboxylic acid groups (broad SMARTS) is 1. The molecule has 2 heterocycles. The van der Waals surface area contributed by atoms with Crippen LogP contribution in [-0.4, -0.2) is 56.2 Å². The molecule has 1 amide bonds. The summed E-state index contributed by atoms with van der Waals surface area (Å²) in [5, 5.41) is 19.0. The van der Waals surface area contributed by atoms with Crippen LogP contribution in [0.5, 0.6) is 0 Å². The topological polar surface area (TPSA) is 111 Å². The number of amides is 1. The van der Waals surface area contributed by atoms with Crippen molar-refractivity contribution in [3.05, 3.63) is 29.6 Å². The lowest BCUT2D eigenvalue weighted by atomic mass is 10.1. The van der Waals surface area contributed by atoms with Gasteiger partial charge in [0.05, 0.1) is 12.2 Å². The number of benzene rings is 1. The van der Waals surface area contributed by atoms with Gasteiger partial charge in [0.15, 0.2) is 5.82 Å². The lowest BCUT2D eigenvalue weighted by Gasteiger charge is -2.20. The molecule has 1 aromatic heterocycles. The molecule has 1 aliphatic rings. The van der Waals surface area contributed by atoms with Crippen molar-refractivity contribution in [1.29, 1.82) is 0 Å². The zero-order valence-corrected chi connectivity index (χ0v) is 14.2. The summed E-state index contributed by atoms with van der Waals surface area (Å²) in [5.74, 6) is 0.0802. The minimum absolute atomic E-state index is 0.0529. The number of rotatable bonds is 5. The number of hydrogen-bond donors (Lipinski definition) is 3. The number of carboxylic acids is 1. The van der Waals surface area contributed by atoms with E-state index in [1.54, 1.807) is 4.90 Å². The van der Waals surface area contributed by atoms with Gasteiger partial charge in [-0.1, -0.05) is 6.07 Å². The number of H-pyrrole nitrogens is 1. The van der Waals surface area contributed by atoms with Crippen molar-refractivity contribution in [2.24, 2.45) is 0 Å². The second-order valence-electron chi connectivity index (χ2n) is 6.31. The Bertz CT molecular complexity index is 801. The summed E-state index contributed by atoms with van der Waals surface area (Å²) in [4.78, 5) is 29.7. The van der Waals surface area contributed by atoms with E-state index < -0.39 is 12.0 Å². The Balaban J connectivity index is 1.77. The van der Waals surface area contributed by atoms with E-state index in [-0.39, 0.29) is 12.5 Å². The molecule has 1 aliphatic heterocycles. The first-order valence-corrected chi connectivity index (χ1v) is 8.21. The van der Waals surface area contributed by atoms with Crippen molar-refractivity contribution in [2.75, 3.05) is 18.4 Å². The summed E-state index contributed by atoms with van der Waals surface area (Å²) in [5.41, 5.74) is 2.34. The number of aromatic amines is 1. The lowest BCUT2D eigenvalue weighted by Crippen LogP contribution is -2.40. The quantitative estimate of drug-likeness (QED) is 0.760. The molecule has 2 aromatic rings. The van der Waals surface area contributed by atoms with Crippen LogP contribution in [0.2, 0.25) is 0 Å². The molecule has 1 unspecified atom stereocenters. The number of carbonyl (C=O) groups excluding carboxylic acids is 1. The Morgan fingerprint density at radius 1 is 1.40 bits per heavy atom. The number of aryl methyl sites for hydroxylation is 2. The molecule has 0 bridgehead atoms. The average molecular weight is 343 g/mol. The maximum Gasteiger partial charge on any atom is 0.320 e. The third-order valence-corrected chi connectivity index (χ3v) is 4.28. The van der Waals surface area contributed by atoms with Crippen LogP contribution >= 0.6 is 0 Å². The SMILES string of the molecule is Cc1ccc(-c2n[nH]c(C)n2)c(NC(=O)CN2CCCC2C(=O)O)c1. The normalized spacial score (nSPS) is 17.6. The van der Waals surface area contributed by atoms with E-state index >= 15 is 0 Å². The monoisotopic (exact) mass is 343 g/mol. The van der Waals surface area contributed by atoms with Gasteiger partial charge < -0.3 is 10.4 Å². The minimum Gasteiger partial charge on any atom is -0.480 e. The lowest BCUT2D eigenvalue weighted by molar-refractivity contribution is -0.142. The van der Waals surface area contributed by atoms with E-state index in [0.717, 1.165) is 17.5 Å². The van der Waals surface area contributed by atoms with E-state index in [0.29, 0.717) is 30.3 Å². The summed E-state index contributed by atoms with van der Waals surface area (Å²) >= 11 is 0. The van der Waals surface area contributed by atoms with Crippen LogP contribution in [0.25, 0.3) is 11.4 Å². The molecule has 132 valence electrons. The van der Waals surface area contributed by atoms with Crippen molar-refractivity contribution in [1.82, 2.24) is 20.1 Å². The summed E-state index contributed by atoms with van der Waals surface area (Å²) in [6.45, 7) is 4.41. The van der Waals surface area contributed by atoms with E-state index in [1.807, 2.05) is 32.0 Å². The van der Waals surface area contributed by atoms with E-state index in [1.165, 1.54) is 0 Å². The molecule has 1 aromatic carbocycles. The van der Waals surface area contributed by atoms with Gasteiger partial charge in [0.25, 0.3) is 0 Å². The molecule has 1 fully saturated rings. The largest absolute Gasteiger partial charge is 0.480 e. The predicted octanol–water partition coefficient (Wildman–Crippen LogP) is 1.58. The molecule has 0 radical (unpaired) electrons. The molecule has 0 aliphatic carbocycles. The fourth-order valence-corrected chi connectivity index (χ4v) is 3.09. The molecule has 3 rings (SSSR count). The number of carbonyl (C=O) groups is 2. The maximum absolute atomic E-state index is 12.4. The first kappa shape index (κ1) is 17.1. The summed E-state index contributed by atoms with van der Waals surface area (Å²) < 4.78 is 0. The zero-order valence-electron chi connectivity index (χ0n) is 14.2. The average Bonchev–Trinajstić information content (AvgIpc) is 3.16. The van der Waals surface area contributed by atoms with Gasteiger partial charge in [0.2, 0.25) is 5.91 Å². The van der Waals surface area contributed by atoms with Gasteiger partial charge in [-0.25, -0.2) is 4.98 Å². The maximum atomic E-state index is 12.4. The summed E-state index contributed by atoms with van der Waals surface area (Å²) in [7, 11) is 0. The van der Waals surface area contributed by atoms with Crippen LogP contribution in [0.4, 0.5) is 5.69 Å². The van der Waals surface area contributed by atoms with Crippen molar-refractivity contribution < 1.29 is 14.7 Å². The number of nitrogens with one attached hydrogen (secondary N) is 2. The number of anilines is 1. The van der Waals surface area contributed by atoms with Crippen LogP contribution in [0, 0.1) is 13.8 Å². The fourth-order valence-electron chi connectivity index (χ4n) is 3.09. The molecule has 0 spiro atoms. The van der Waals surface area contributed by atoms with E-state index in [9.17, 15) is 14.7 Å². The molecular formula is C17H21N5O3. The smallest absolute Gasteiger partial charge is 0.320 e. The molecular weight excluding hydrogens is 322 g/mol. The van der Waals surface area contributed by atoms with Gasteiger partial charge in [-0.05, 0) is 50.9 Å². The molecule has 25 heavy (non-hydrogen) atoms. The van der Waals surface area contributed by atoms with Gasteiger partial charge in [0, 0.05) is 5.56 Å². The number of nitrogens with zero attached hydrogens (tertiary/aromatic N) is 3. The number of hydrogen-bond acceptors (Lipinski definition) is 5. The van der Waals surface area contributed by atoms with Crippen molar-refractivity contribution >= 4 is 17.6 Å². The minimum atomic E-state index is -0.877. The summed E-state index contributed by atoms with van der Waals surface area (Å²) in [6.07, 6.45) is 1.37. The highest BCUT2D eigenvalue weighted by Crippen LogP contribution is 2.26. The van der Waals surface area contributed by atoms with Crippen LogP contribution in [0.3, 0.4) is 0 Å². The van der Waals surface area contributed by atoms with Crippen LogP contribution in [-0.2, 0) is 9.59 Å². The Morgan fingerprint density at radius 3 is 2.88 bits per heavy atom. The van der Waals surface area contributed by atoms with Gasteiger partial charge in [-0.15, -0.1) is 0 Å². The molecule has 8 heteroatoms. The highest BCUT2D eigenvalue weighted by Gasteiger charge is 2.31. The van der Waals surface area contributed by atoms with E-state index in [4.69, 9.17) is 0 Å². The molecule has 8 nitrogen and oxygen atoms in total. The molecule has 1 atom stereocenters. The molecule has 0 saturated carbocycles. The molecule has 3 N–H and O–H groups in total. The highest BCUT2D eigenvalue weighted by atomic mass is 16.4. The van der Waals surface area contributed by atoms with Crippen LogP contribution < -0.4 is 5.32 Å². The Labute approximate surface area is 145 Å². The second-order valence-corrected chi connectivity index (χ2v) is 6.31. The second kappa shape index (κ2) is 7.02. The highest BCUT2D eigenvalue weighted by molar-refractivity contribution is 5.96. The standard InChI is InChI=1S/C17H21N5O3/c1-10-5-6-12(16-18-11(2)20-21-16)13(8-10)19-15(23)9-22-7-3-4-14(22)17(24)25/h5-6,8,14H,3-4,7,9H2,1-2H3,(H,19,23)(H,24,25)(H,18,20,21). The van der Waals surface area contributed by atoms with Gasteiger partial charge >= 0.3 is 5.97 Å². The Morgan fingerprint density at radius 2 is 2.20 bits per heavy atom. The molecule has 1 saturated heterocycles. The van der Waals surface area contributed by atoms with Gasteiger partial charge in [-0.3, -0.25) is 19.6 Å². The van der Waals surface area contributed by atoms with Gasteiger partial charge in [-0.2, -0.15) is 5.10 Å². The third-order valence-electron chi connectivity index (χ3n) is 4.28. The first-order valence-electron chi connectivity index (χ1n) is 8.21.